The number of carbonyl (C=O) groups is 1. The van der Waals surface area contributed by atoms with Crippen LogP contribution in [0.5, 0.6) is 0 Å². The summed E-state index contributed by atoms with van der Waals surface area (Å²) in [5.41, 5.74) is 5.99. The van der Waals surface area contributed by atoms with Crippen molar-refractivity contribution in [3.63, 3.8) is 0 Å². The van der Waals surface area contributed by atoms with E-state index in [1.165, 1.54) is 6.07 Å². The van der Waals surface area contributed by atoms with Crippen molar-refractivity contribution in [2.24, 2.45) is 11.7 Å². The molecular weight excluding hydrogens is 251 g/mol. The average molecular weight is 270 g/mol. The van der Waals surface area contributed by atoms with Crippen LogP contribution in [0.3, 0.4) is 0 Å². The predicted molar refractivity (Wildman–Crippen MR) is 73.8 cm³/mol. The van der Waals surface area contributed by atoms with Gasteiger partial charge in [0, 0.05) is 12.1 Å². The molecule has 0 aliphatic heterocycles. The average Bonchev–Trinajstić information content (AvgIpc) is 2.37. The van der Waals surface area contributed by atoms with E-state index in [4.69, 9.17) is 5.73 Å². The number of nitrogens with two attached hydrogens (primary N) is 1. The summed E-state index contributed by atoms with van der Waals surface area (Å²) < 4.78 is 13.3. The number of amides is 1. The van der Waals surface area contributed by atoms with E-state index in [-0.39, 0.29) is 18.3 Å². The Kier molecular flexibility index (Phi) is 6.75. The van der Waals surface area contributed by atoms with Gasteiger partial charge in [0.25, 0.3) is 0 Å². The van der Waals surface area contributed by atoms with Gasteiger partial charge in [0.05, 0.1) is 5.75 Å². The van der Waals surface area contributed by atoms with Crippen LogP contribution < -0.4 is 11.1 Å². The summed E-state index contributed by atoms with van der Waals surface area (Å²) in [5.74, 6) is 1.30. The smallest absolute Gasteiger partial charge is 0.230 e. The van der Waals surface area contributed by atoms with Crippen molar-refractivity contribution in [3.05, 3.63) is 35.6 Å². The fourth-order valence-electron chi connectivity index (χ4n) is 1.31. The molecule has 0 radical (unpaired) electrons. The zero-order valence-corrected chi connectivity index (χ0v) is 11.3. The SMILES string of the molecule is CC(CN)CSCC(=O)NCc1ccccc1F. The Balaban J connectivity index is 2.23. The van der Waals surface area contributed by atoms with E-state index >= 15 is 0 Å². The molecule has 0 bridgehead atoms. The Labute approximate surface area is 111 Å². The van der Waals surface area contributed by atoms with Gasteiger partial charge in [-0.1, -0.05) is 25.1 Å². The van der Waals surface area contributed by atoms with Crippen molar-refractivity contribution in [1.82, 2.24) is 5.32 Å². The standard InChI is InChI=1S/C13H19FN2OS/c1-10(6-15)8-18-9-13(17)16-7-11-4-2-3-5-12(11)14/h2-5,10H,6-9,15H2,1H3,(H,16,17). The van der Waals surface area contributed by atoms with Gasteiger partial charge in [-0.2, -0.15) is 11.8 Å². The van der Waals surface area contributed by atoms with Crippen LogP contribution in [-0.4, -0.2) is 24.0 Å². The van der Waals surface area contributed by atoms with Crippen LogP contribution in [0.25, 0.3) is 0 Å². The number of thioether (sulfide) groups is 1. The lowest BCUT2D eigenvalue weighted by molar-refractivity contribution is -0.118. The molecule has 1 rings (SSSR count). The third-order valence-electron chi connectivity index (χ3n) is 2.47. The number of halogens is 1. The maximum absolute atomic E-state index is 13.3. The molecule has 3 nitrogen and oxygen atoms in total. The van der Waals surface area contributed by atoms with E-state index in [1.54, 1.807) is 30.0 Å². The summed E-state index contributed by atoms with van der Waals surface area (Å²) in [7, 11) is 0. The molecule has 1 atom stereocenters. The van der Waals surface area contributed by atoms with Crippen LogP contribution >= 0.6 is 11.8 Å². The Hall–Kier alpha value is -1.07. The molecule has 0 fully saturated rings. The molecule has 3 N–H and O–H groups in total. The zero-order chi connectivity index (χ0) is 13.4. The summed E-state index contributed by atoms with van der Waals surface area (Å²) in [6.07, 6.45) is 0. The molecule has 0 aliphatic carbocycles. The van der Waals surface area contributed by atoms with Gasteiger partial charge < -0.3 is 11.1 Å². The zero-order valence-electron chi connectivity index (χ0n) is 10.5. The number of rotatable bonds is 7. The first-order valence-corrected chi connectivity index (χ1v) is 7.07. The summed E-state index contributed by atoms with van der Waals surface area (Å²) in [6, 6.07) is 6.44. The summed E-state index contributed by atoms with van der Waals surface area (Å²) in [5, 5.41) is 2.70. The van der Waals surface area contributed by atoms with E-state index in [0.717, 1.165) is 5.75 Å². The van der Waals surface area contributed by atoms with Gasteiger partial charge in [0.15, 0.2) is 0 Å². The first kappa shape index (κ1) is 15.0. The first-order valence-electron chi connectivity index (χ1n) is 5.91. The minimum absolute atomic E-state index is 0.0764. The number of carbonyl (C=O) groups excluding carboxylic acids is 1. The highest BCUT2D eigenvalue weighted by Crippen LogP contribution is 2.08. The lowest BCUT2D eigenvalue weighted by atomic mass is 10.2. The normalized spacial score (nSPS) is 12.2. The van der Waals surface area contributed by atoms with Crippen molar-refractivity contribution in [1.29, 1.82) is 0 Å². The van der Waals surface area contributed by atoms with E-state index in [2.05, 4.69) is 5.32 Å². The van der Waals surface area contributed by atoms with E-state index in [0.29, 0.717) is 23.8 Å². The summed E-state index contributed by atoms with van der Waals surface area (Å²) in [6.45, 7) is 2.91. The molecule has 1 aromatic carbocycles. The fourth-order valence-corrected chi connectivity index (χ4v) is 2.25. The highest BCUT2D eigenvalue weighted by molar-refractivity contribution is 7.99. The van der Waals surface area contributed by atoms with Gasteiger partial charge in [0.1, 0.15) is 5.82 Å². The number of nitrogens with one attached hydrogen (secondary N) is 1. The largest absolute Gasteiger partial charge is 0.351 e. The number of hydrogen-bond donors (Lipinski definition) is 2. The van der Waals surface area contributed by atoms with Crippen molar-refractivity contribution in [2.75, 3.05) is 18.1 Å². The second-order valence-corrected chi connectivity index (χ2v) is 5.25. The molecule has 0 aromatic heterocycles. The van der Waals surface area contributed by atoms with Gasteiger partial charge >= 0.3 is 0 Å². The van der Waals surface area contributed by atoms with Crippen molar-refractivity contribution in [3.8, 4) is 0 Å². The Bertz CT molecular complexity index is 387. The van der Waals surface area contributed by atoms with E-state index < -0.39 is 0 Å². The van der Waals surface area contributed by atoms with Gasteiger partial charge in [-0.05, 0) is 24.3 Å². The maximum Gasteiger partial charge on any atom is 0.230 e. The highest BCUT2D eigenvalue weighted by atomic mass is 32.2. The third-order valence-corrected chi connectivity index (χ3v) is 3.74. The topological polar surface area (TPSA) is 55.1 Å². The van der Waals surface area contributed by atoms with Gasteiger partial charge in [0.2, 0.25) is 5.91 Å². The molecule has 0 heterocycles. The molecule has 1 aromatic rings. The number of benzene rings is 1. The minimum atomic E-state index is -0.290. The molecule has 0 saturated heterocycles. The Morgan fingerprint density at radius 1 is 1.50 bits per heavy atom. The minimum Gasteiger partial charge on any atom is -0.351 e. The Morgan fingerprint density at radius 3 is 2.89 bits per heavy atom. The predicted octanol–water partition coefficient (Wildman–Crippen LogP) is 1.77. The lowest BCUT2D eigenvalue weighted by Crippen LogP contribution is -2.25. The lowest BCUT2D eigenvalue weighted by Gasteiger charge is -2.08. The summed E-state index contributed by atoms with van der Waals surface area (Å²) in [4.78, 5) is 11.5. The molecular formula is C13H19FN2OS. The molecule has 1 unspecified atom stereocenters. The highest BCUT2D eigenvalue weighted by Gasteiger charge is 2.06. The van der Waals surface area contributed by atoms with Crippen molar-refractivity contribution < 1.29 is 9.18 Å². The van der Waals surface area contributed by atoms with Gasteiger partial charge in [-0.15, -0.1) is 0 Å². The monoisotopic (exact) mass is 270 g/mol. The molecule has 0 aliphatic rings. The molecule has 18 heavy (non-hydrogen) atoms. The molecule has 5 heteroatoms. The molecule has 1 amide bonds. The molecule has 0 spiro atoms. The van der Waals surface area contributed by atoms with E-state index in [9.17, 15) is 9.18 Å². The van der Waals surface area contributed by atoms with Crippen LogP contribution in [0.4, 0.5) is 4.39 Å². The molecule has 100 valence electrons. The second kappa shape index (κ2) is 8.11. The van der Waals surface area contributed by atoms with Crippen molar-refractivity contribution >= 4 is 17.7 Å². The fraction of sp³-hybridized carbons (Fsp3) is 0.462. The number of hydrogen-bond acceptors (Lipinski definition) is 3. The van der Waals surface area contributed by atoms with Gasteiger partial charge in [-0.25, -0.2) is 4.39 Å². The summed E-state index contributed by atoms with van der Waals surface area (Å²) >= 11 is 1.55. The third kappa shape index (κ3) is 5.51. The van der Waals surface area contributed by atoms with Crippen molar-refractivity contribution in [2.45, 2.75) is 13.5 Å². The van der Waals surface area contributed by atoms with Gasteiger partial charge in [-0.3, -0.25) is 4.79 Å². The van der Waals surface area contributed by atoms with Crippen LogP contribution in [-0.2, 0) is 11.3 Å². The van der Waals surface area contributed by atoms with Crippen LogP contribution in [0, 0.1) is 11.7 Å². The van der Waals surface area contributed by atoms with Crippen LogP contribution in [0.2, 0.25) is 0 Å². The maximum atomic E-state index is 13.3. The van der Waals surface area contributed by atoms with E-state index in [1.807, 2.05) is 6.92 Å². The molecule has 0 saturated carbocycles. The van der Waals surface area contributed by atoms with Crippen LogP contribution in [0.1, 0.15) is 12.5 Å². The van der Waals surface area contributed by atoms with Crippen LogP contribution in [0.15, 0.2) is 24.3 Å². The quantitative estimate of drug-likeness (QED) is 0.794. The Morgan fingerprint density at radius 2 is 2.22 bits per heavy atom. The second-order valence-electron chi connectivity index (χ2n) is 4.22. The first-order chi connectivity index (χ1) is 8.63.